The first-order chi connectivity index (χ1) is 19.4. The van der Waals surface area contributed by atoms with Crippen LogP contribution in [0.4, 0.5) is 0 Å². The third kappa shape index (κ3) is 5.76. The Hall–Kier alpha value is -4.85. The molecule has 8 nitrogen and oxygen atoms in total. The lowest BCUT2D eigenvalue weighted by molar-refractivity contribution is -0.139. The minimum Gasteiger partial charge on any atom is -0.507 e. The Morgan fingerprint density at radius 2 is 1.77 bits per heavy atom. The van der Waals surface area contributed by atoms with Gasteiger partial charge < -0.3 is 24.0 Å². The summed E-state index contributed by atoms with van der Waals surface area (Å²) in [7, 11) is 1.56. The van der Waals surface area contributed by atoms with Gasteiger partial charge in [0.05, 0.1) is 25.1 Å². The lowest BCUT2D eigenvalue weighted by Crippen LogP contribution is -2.31. The molecule has 5 rings (SSSR count). The molecule has 0 spiro atoms. The van der Waals surface area contributed by atoms with E-state index < -0.39 is 17.7 Å². The number of hydrogen-bond acceptors (Lipinski definition) is 6. The number of aryl methyl sites for hydroxylation is 2. The maximum Gasteiger partial charge on any atom is 0.295 e. The number of carbonyl (C=O) groups excluding carboxylic acids is 2. The average molecular weight is 538 g/mol. The van der Waals surface area contributed by atoms with Crippen molar-refractivity contribution in [3.05, 3.63) is 119 Å². The van der Waals surface area contributed by atoms with E-state index in [-0.39, 0.29) is 11.3 Å². The number of ketones is 1. The van der Waals surface area contributed by atoms with Crippen molar-refractivity contribution in [2.24, 2.45) is 0 Å². The van der Waals surface area contributed by atoms with E-state index in [1.165, 1.54) is 4.90 Å². The molecule has 0 bridgehead atoms. The van der Waals surface area contributed by atoms with Crippen LogP contribution < -0.4 is 9.47 Å². The summed E-state index contributed by atoms with van der Waals surface area (Å²) in [4.78, 5) is 32.2. The van der Waals surface area contributed by atoms with Crippen LogP contribution in [0.3, 0.4) is 0 Å². The second kappa shape index (κ2) is 11.9. The molecular formula is C32H31N3O5. The summed E-state index contributed by atoms with van der Waals surface area (Å²) in [5.74, 6) is -0.363. The van der Waals surface area contributed by atoms with Crippen LogP contribution in [0.15, 0.2) is 97.1 Å². The zero-order chi connectivity index (χ0) is 28.1. The van der Waals surface area contributed by atoms with E-state index in [1.54, 1.807) is 62.1 Å². The predicted molar refractivity (Wildman–Crippen MR) is 151 cm³/mol. The van der Waals surface area contributed by atoms with Gasteiger partial charge in [-0.25, -0.2) is 4.98 Å². The number of ether oxygens (including phenoxy) is 2. The first-order valence-electron chi connectivity index (χ1n) is 13.1. The van der Waals surface area contributed by atoms with Gasteiger partial charge in [0.1, 0.15) is 23.9 Å². The van der Waals surface area contributed by atoms with Gasteiger partial charge in [-0.1, -0.05) is 42.0 Å². The minimum atomic E-state index is -0.755. The fourth-order valence-corrected chi connectivity index (χ4v) is 4.94. The average Bonchev–Trinajstić information content (AvgIpc) is 3.58. The second-order valence-electron chi connectivity index (χ2n) is 9.73. The van der Waals surface area contributed by atoms with Crippen LogP contribution in [0.2, 0.25) is 0 Å². The number of rotatable bonds is 10. The van der Waals surface area contributed by atoms with Gasteiger partial charge in [0, 0.05) is 31.0 Å². The van der Waals surface area contributed by atoms with E-state index in [0.29, 0.717) is 48.7 Å². The number of Topliss-reactive ketones (excluding diaryl/α,β-unsaturated/α-hetero) is 1. The van der Waals surface area contributed by atoms with Crippen molar-refractivity contribution in [3.63, 3.8) is 0 Å². The molecule has 4 aromatic rings. The molecule has 1 fully saturated rings. The van der Waals surface area contributed by atoms with Gasteiger partial charge in [-0.05, 0) is 60.9 Å². The summed E-state index contributed by atoms with van der Waals surface area (Å²) in [5, 5.41) is 11.4. The molecule has 3 aromatic carbocycles. The molecule has 1 atom stereocenters. The number of likely N-dealkylation sites (tertiary alicyclic amines) is 1. The van der Waals surface area contributed by atoms with E-state index in [9.17, 15) is 14.7 Å². The highest BCUT2D eigenvalue weighted by atomic mass is 16.5. The molecule has 1 aliphatic heterocycles. The SMILES string of the molecule is COc1cccc([C@@H]2C(=C(O)c3ccc(OCc4cccc(C)c4)cc3)C(=O)C(=O)N2CCCn2ccnc2)c1. The van der Waals surface area contributed by atoms with Crippen LogP contribution in [-0.4, -0.2) is 44.9 Å². The quantitative estimate of drug-likeness (QED) is 0.168. The van der Waals surface area contributed by atoms with Gasteiger partial charge >= 0.3 is 0 Å². The van der Waals surface area contributed by atoms with Gasteiger partial charge in [-0.2, -0.15) is 0 Å². The summed E-state index contributed by atoms with van der Waals surface area (Å²) in [6.07, 6.45) is 5.86. The van der Waals surface area contributed by atoms with E-state index in [1.807, 2.05) is 42.0 Å². The number of nitrogens with zero attached hydrogens (tertiary/aromatic N) is 3. The Morgan fingerprint density at radius 1 is 0.975 bits per heavy atom. The monoisotopic (exact) mass is 537 g/mol. The number of carbonyl (C=O) groups is 2. The number of amides is 1. The maximum atomic E-state index is 13.3. The Kier molecular flexibility index (Phi) is 7.96. The van der Waals surface area contributed by atoms with E-state index in [2.05, 4.69) is 11.1 Å². The molecule has 1 aromatic heterocycles. The first-order valence-corrected chi connectivity index (χ1v) is 13.1. The van der Waals surface area contributed by atoms with Crippen LogP contribution in [0.25, 0.3) is 5.76 Å². The van der Waals surface area contributed by atoms with Gasteiger partial charge in [0.15, 0.2) is 0 Å². The molecule has 0 unspecified atom stereocenters. The Labute approximate surface area is 233 Å². The molecular weight excluding hydrogens is 506 g/mol. The summed E-state index contributed by atoms with van der Waals surface area (Å²) >= 11 is 0. The standard InChI is InChI=1S/C32H31N3O5/c1-22-6-3-7-23(18-22)20-40-26-12-10-24(11-13-26)30(36)28-29(25-8-4-9-27(19-25)39-2)35(32(38)31(28)37)16-5-15-34-17-14-33-21-34/h3-4,6-14,17-19,21,29,36H,5,15-16,20H2,1-2H3/t29-/m1/s1. The molecule has 1 saturated heterocycles. The Balaban J connectivity index is 1.42. The van der Waals surface area contributed by atoms with Crippen molar-refractivity contribution >= 4 is 17.4 Å². The number of aliphatic hydroxyl groups excluding tert-OH is 1. The molecule has 204 valence electrons. The van der Waals surface area contributed by atoms with Gasteiger partial charge in [0.25, 0.3) is 11.7 Å². The van der Waals surface area contributed by atoms with Crippen molar-refractivity contribution in [2.75, 3.05) is 13.7 Å². The lowest BCUT2D eigenvalue weighted by atomic mass is 9.95. The fraction of sp³-hybridized carbons (Fsp3) is 0.219. The highest BCUT2D eigenvalue weighted by Crippen LogP contribution is 2.40. The Morgan fingerprint density at radius 3 is 2.50 bits per heavy atom. The zero-order valence-electron chi connectivity index (χ0n) is 22.5. The normalized spacial score (nSPS) is 16.4. The smallest absolute Gasteiger partial charge is 0.295 e. The van der Waals surface area contributed by atoms with Gasteiger partial charge in [-0.3, -0.25) is 9.59 Å². The van der Waals surface area contributed by atoms with E-state index in [0.717, 1.165) is 11.1 Å². The molecule has 2 heterocycles. The van der Waals surface area contributed by atoms with Crippen LogP contribution >= 0.6 is 0 Å². The summed E-state index contributed by atoms with van der Waals surface area (Å²) < 4.78 is 13.2. The highest BCUT2D eigenvalue weighted by molar-refractivity contribution is 6.46. The van der Waals surface area contributed by atoms with Crippen LogP contribution in [0.5, 0.6) is 11.5 Å². The molecule has 40 heavy (non-hydrogen) atoms. The first kappa shape index (κ1) is 26.7. The highest BCUT2D eigenvalue weighted by Gasteiger charge is 2.45. The topological polar surface area (TPSA) is 93.9 Å². The molecule has 0 saturated carbocycles. The molecule has 8 heteroatoms. The van der Waals surface area contributed by atoms with Crippen LogP contribution in [0, 0.1) is 6.92 Å². The number of methoxy groups -OCH3 is 1. The van der Waals surface area contributed by atoms with Crippen molar-refractivity contribution in [1.82, 2.24) is 14.5 Å². The van der Waals surface area contributed by atoms with Crippen molar-refractivity contribution in [3.8, 4) is 11.5 Å². The van der Waals surface area contributed by atoms with Gasteiger partial charge in [0.2, 0.25) is 0 Å². The fourth-order valence-electron chi connectivity index (χ4n) is 4.94. The Bertz CT molecular complexity index is 1530. The number of hydrogen-bond donors (Lipinski definition) is 1. The van der Waals surface area contributed by atoms with Gasteiger partial charge in [-0.15, -0.1) is 0 Å². The summed E-state index contributed by atoms with van der Waals surface area (Å²) in [5.41, 5.74) is 3.37. The van der Waals surface area contributed by atoms with Crippen molar-refractivity contribution in [2.45, 2.75) is 32.5 Å². The van der Waals surface area contributed by atoms with Crippen LogP contribution in [0.1, 0.15) is 34.7 Å². The largest absolute Gasteiger partial charge is 0.507 e. The number of imidazole rings is 1. The third-order valence-electron chi connectivity index (χ3n) is 6.94. The van der Waals surface area contributed by atoms with Crippen LogP contribution in [-0.2, 0) is 22.7 Å². The maximum absolute atomic E-state index is 13.3. The second-order valence-corrected chi connectivity index (χ2v) is 9.73. The third-order valence-corrected chi connectivity index (χ3v) is 6.94. The lowest BCUT2D eigenvalue weighted by Gasteiger charge is -2.25. The number of benzene rings is 3. The molecule has 0 aliphatic carbocycles. The molecule has 1 N–H and O–H groups in total. The molecule has 1 amide bonds. The van der Waals surface area contributed by atoms with Crippen molar-refractivity contribution in [1.29, 1.82) is 0 Å². The zero-order valence-corrected chi connectivity index (χ0v) is 22.5. The summed E-state index contributed by atoms with van der Waals surface area (Å²) in [6.45, 7) is 3.40. The molecule has 1 aliphatic rings. The minimum absolute atomic E-state index is 0.0503. The van der Waals surface area contributed by atoms with E-state index >= 15 is 0 Å². The predicted octanol–water partition coefficient (Wildman–Crippen LogP) is 5.29. The molecule has 0 radical (unpaired) electrons. The number of aromatic nitrogens is 2. The summed E-state index contributed by atoms with van der Waals surface area (Å²) in [6, 6.07) is 21.4. The van der Waals surface area contributed by atoms with Crippen molar-refractivity contribution < 1.29 is 24.2 Å². The van der Waals surface area contributed by atoms with E-state index in [4.69, 9.17) is 9.47 Å². The number of aliphatic hydroxyl groups is 1.